The van der Waals surface area contributed by atoms with Gasteiger partial charge in [-0.25, -0.2) is 4.79 Å². The molecule has 0 aliphatic rings. The Morgan fingerprint density at radius 1 is 0.917 bits per heavy atom. The molecule has 0 rings (SSSR count). The summed E-state index contributed by atoms with van der Waals surface area (Å²) in [6.07, 6.45) is 3.82. The van der Waals surface area contributed by atoms with Crippen LogP contribution >= 0.6 is 0 Å². The highest BCUT2D eigenvalue weighted by molar-refractivity contribution is 5.86. The van der Waals surface area contributed by atoms with Crippen LogP contribution in [0.1, 0.15) is 46.5 Å². The van der Waals surface area contributed by atoms with E-state index in [1.54, 1.807) is 6.92 Å². The number of hydrogen-bond donors (Lipinski definition) is 0. The number of hydrogen-bond acceptors (Lipinski definition) is 6. The van der Waals surface area contributed by atoms with Crippen molar-refractivity contribution in [1.82, 2.24) is 0 Å². The molecule has 0 aromatic heterocycles. The highest BCUT2D eigenvalue weighted by atomic mass is 16.6. The third-order valence-electron chi connectivity index (χ3n) is 3.39. The second-order valence-electron chi connectivity index (χ2n) is 5.56. The molecule has 0 fully saturated rings. The number of ether oxygens (including phenoxy) is 4. The molecule has 0 heterocycles. The van der Waals surface area contributed by atoms with E-state index in [4.69, 9.17) is 18.9 Å². The second kappa shape index (κ2) is 15.1. The summed E-state index contributed by atoms with van der Waals surface area (Å²) in [5.74, 6) is -0.554. The van der Waals surface area contributed by atoms with E-state index in [1.807, 2.05) is 6.92 Å². The fourth-order valence-electron chi connectivity index (χ4n) is 1.90. The molecule has 0 saturated carbocycles. The fraction of sp³-hybridized carbons (Fsp3) is 0.778. The van der Waals surface area contributed by atoms with Crippen LogP contribution in [-0.2, 0) is 28.5 Å². The third kappa shape index (κ3) is 12.1. The molecule has 1 atom stereocenters. The van der Waals surface area contributed by atoms with E-state index in [0.29, 0.717) is 32.0 Å². The maximum absolute atomic E-state index is 11.8. The summed E-state index contributed by atoms with van der Waals surface area (Å²) in [5, 5.41) is 0. The lowest BCUT2D eigenvalue weighted by atomic mass is 10.00. The van der Waals surface area contributed by atoms with Gasteiger partial charge in [-0.3, -0.25) is 4.79 Å². The summed E-state index contributed by atoms with van der Waals surface area (Å²) in [5.41, 5.74) is 0.368. The lowest BCUT2D eigenvalue weighted by molar-refractivity contribution is -0.150. The number of unbranched alkanes of at least 4 members (excludes halogenated alkanes) is 1. The SMILES string of the molecule is C=C(C)C(=O)OCCOCCOCCOC(=O)C(CC)CCCC. The molecule has 0 N–H and O–H groups in total. The number of esters is 2. The van der Waals surface area contributed by atoms with Crippen LogP contribution < -0.4 is 0 Å². The van der Waals surface area contributed by atoms with E-state index < -0.39 is 5.97 Å². The van der Waals surface area contributed by atoms with Crippen LogP contribution in [-0.4, -0.2) is 51.6 Å². The van der Waals surface area contributed by atoms with Gasteiger partial charge in [0.05, 0.1) is 32.3 Å². The quantitative estimate of drug-likeness (QED) is 0.258. The molecule has 0 radical (unpaired) electrons. The van der Waals surface area contributed by atoms with E-state index in [-0.39, 0.29) is 25.1 Å². The lowest BCUT2D eigenvalue weighted by Crippen LogP contribution is -2.20. The normalized spacial score (nSPS) is 11.8. The minimum Gasteiger partial charge on any atom is -0.463 e. The highest BCUT2D eigenvalue weighted by Crippen LogP contribution is 2.14. The Balaban J connectivity index is 3.45. The van der Waals surface area contributed by atoms with Gasteiger partial charge in [-0.15, -0.1) is 0 Å². The zero-order valence-corrected chi connectivity index (χ0v) is 15.3. The average Bonchev–Trinajstić information content (AvgIpc) is 2.56. The van der Waals surface area contributed by atoms with Crippen LogP contribution in [0.2, 0.25) is 0 Å². The standard InChI is InChI=1S/C18H32O6/c1-5-7-8-16(6-2)18(20)24-14-12-22-10-9-21-11-13-23-17(19)15(3)4/h16H,3,5-14H2,1-2,4H3. The zero-order valence-electron chi connectivity index (χ0n) is 15.3. The Bertz CT molecular complexity index is 367. The first kappa shape index (κ1) is 22.6. The van der Waals surface area contributed by atoms with Gasteiger partial charge in [0.15, 0.2) is 0 Å². The van der Waals surface area contributed by atoms with Crippen LogP contribution in [0.25, 0.3) is 0 Å². The van der Waals surface area contributed by atoms with Gasteiger partial charge in [0.25, 0.3) is 0 Å². The Hall–Kier alpha value is -1.40. The van der Waals surface area contributed by atoms with Crippen molar-refractivity contribution in [3.63, 3.8) is 0 Å². The number of carbonyl (C=O) groups excluding carboxylic acids is 2. The van der Waals surface area contributed by atoms with Crippen LogP contribution in [0, 0.1) is 5.92 Å². The first-order valence-electron chi connectivity index (χ1n) is 8.67. The predicted octanol–water partition coefficient (Wildman–Crippen LogP) is 2.90. The topological polar surface area (TPSA) is 71.1 Å². The molecule has 0 bridgehead atoms. The van der Waals surface area contributed by atoms with Crippen molar-refractivity contribution < 1.29 is 28.5 Å². The molecule has 0 saturated heterocycles. The largest absolute Gasteiger partial charge is 0.463 e. The summed E-state index contributed by atoms with van der Waals surface area (Å²) in [6, 6.07) is 0. The molecule has 0 aromatic carbocycles. The minimum absolute atomic E-state index is 0.00445. The number of carbonyl (C=O) groups is 2. The van der Waals surface area contributed by atoms with E-state index in [9.17, 15) is 9.59 Å². The van der Waals surface area contributed by atoms with Gasteiger partial charge in [0.1, 0.15) is 13.2 Å². The molecule has 0 aliphatic carbocycles. The van der Waals surface area contributed by atoms with E-state index in [0.717, 1.165) is 25.7 Å². The van der Waals surface area contributed by atoms with E-state index >= 15 is 0 Å². The monoisotopic (exact) mass is 344 g/mol. The summed E-state index contributed by atoms with van der Waals surface area (Å²) in [6.45, 7) is 11.1. The van der Waals surface area contributed by atoms with Crippen molar-refractivity contribution in [2.24, 2.45) is 5.92 Å². The summed E-state index contributed by atoms with van der Waals surface area (Å²) in [4.78, 5) is 22.9. The Morgan fingerprint density at radius 3 is 1.96 bits per heavy atom. The summed E-state index contributed by atoms with van der Waals surface area (Å²) >= 11 is 0. The first-order chi connectivity index (χ1) is 11.5. The first-order valence-corrected chi connectivity index (χ1v) is 8.67. The molecule has 140 valence electrons. The minimum atomic E-state index is -0.416. The molecular weight excluding hydrogens is 312 g/mol. The van der Waals surface area contributed by atoms with Crippen LogP contribution in [0.5, 0.6) is 0 Å². The van der Waals surface area contributed by atoms with Gasteiger partial charge in [-0.05, 0) is 19.8 Å². The molecule has 6 heteroatoms. The van der Waals surface area contributed by atoms with Crippen molar-refractivity contribution in [1.29, 1.82) is 0 Å². The fourth-order valence-corrected chi connectivity index (χ4v) is 1.90. The molecule has 0 amide bonds. The summed E-state index contributed by atoms with van der Waals surface area (Å²) in [7, 11) is 0. The molecule has 0 aliphatic heterocycles. The van der Waals surface area contributed by atoms with Crippen LogP contribution in [0.3, 0.4) is 0 Å². The van der Waals surface area contributed by atoms with Crippen LogP contribution in [0.15, 0.2) is 12.2 Å². The maximum atomic E-state index is 11.8. The van der Waals surface area contributed by atoms with Crippen molar-refractivity contribution >= 4 is 11.9 Å². The van der Waals surface area contributed by atoms with Crippen molar-refractivity contribution in [2.75, 3.05) is 39.6 Å². The Labute approximate surface area is 145 Å². The van der Waals surface area contributed by atoms with Gasteiger partial charge < -0.3 is 18.9 Å². The molecule has 0 spiro atoms. The van der Waals surface area contributed by atoms with Gasteiger partial charge in [-0.1, -0.05) is 33.3 Å². The van der Waals surface area contributed by atoms with Crippen molar-refractivity contribution in [3.8, 4) is 0 Å². The van der Waals surface area contributed by atoms with Gasteiger partial charge in [0.2, 0.25) is 0 Å². The van der Waals surface area contributed by atoms with Crippen molar-refractivity contribution in [3.05, 3.63) is 12.2 Å². The predicted molar refractivity (Wildman–Crippen MR) is 91.7 cm³/mol. The Morgan fingerprint density at radius 2 is 1.46 bits per heavy atom. The Kier molecular flexibility index (Phi) is 14.3. The summed E-state index contributed by atoms with van der Waals surface area (Å²) < 4.78 is 20.7. The molecule has 24 heavy (non-hydrogen) atoms. The highest BCUT2D eigenvalue weighted by Gasteiger charge is 2.16. The van der Waals surface area contributed by atoms with Crippen LogP contribution in [0.4, 0.5) is 0 Å². The zero-order chi connectivity index (χ0) is 18.2. The smallest absolute Gasteiger partial charge is 0.333 e. The van der Waals surface area contributed by atoms with E-state index in [2.05, 4.69) is 13.5 Å². The lowest BCUT2D eigenvalue weighted by Gasteiger charge is -2.13. The molecule has 6 nitrogen and oxygen atoms in total. The van der Waals surface area contributed by atoms with Gasteiger partial charge >= 0.3 is 11.9 Å². The van der Waals surface area contributed by atoms with Gasteiger partial charge in [-0.2, -0.15) is 0 Å². The second-order valence-corrected chi connectivity index (χ2v) is 5.56. The molecule has 0 aromatic rings. The molecular formula is C18H32O6. The third-order valence-corrected chi connectivity index (χ3v) is 3.39. The van der Waals surface area contributed by atoms with Gasteiger partial charge in [0, 0.05) is 5.57 Å². The van der Waals surface area contributed by atoms with E-state index in [1.165, 1.54) is 0 Å². The average molecular weight is 344 g/mol. The number of rotatable bonds is 15. The van der Waals surface area contributed by atoms with Crippen molar-refractivity contribution in [2.45, 2.75) is 46.5 Å². The molecule has 1 unspecified atom stereocenters. The maximum Gasteiger partial charge on any atom is 0.333 e.